The number of thioether (sulfide) groups is 1. The van der Waals surface area contributed by atoms with Gasteiger partial charge in [-0.1, -0.05) is 45.6 Å². The Morgan fingerprint density at radius 3 is 2.35 bits per heavy atom. The lowest BCUT2D eigenvalue weighted by Crippen LogP contribution is -2.20. The monoisotopic (exact) mass is 450 g/mol. The average molecular weight is 451 g/mol. The van der Waals surface area contributed by atoms with Crippen LogP contribution >= 0.6 is 11.8 Å². The first-order valence-corrected chi connectivity index (χ1v) is 12.3. The highest BCUT2D eigenvalue weighted by Gasteiger charge is 2.29. The third-order valence-corrected chi connectivity index (χ3v) is 7.29. The molecule has 1 fully saturated rings. The summed E-state index contributed by atoms with van der Waals surface area (Å²) in [5.74, 6) is -1.18. The number of ether oxygens (including phenoxy) is 2. The van der Waals surface area contributed by atoms with E-state index >= 15 is 0 Å². The van der Waals surface area contributed by atoms with Gasteiger partial charge in [-0.25, -0.2) is 4.39 Å². The summed E-state index contributed by atoms with van der Waals surface area (Å²) in [6.45, 7) is 4.52. The molecule has 2 aromatic carbocycles. The molecule has 31 heavy (non-hydrogen) atoms. The Labute approximate surface area is 186 Å². The lowest BCUT2D eigenvalue weighted by Gasteiger charge is -2.28. The Kier molecular flexibility index (Phi) is 7.05. The van der Waals surface area contributed by atoms with E-state index in [9.17, 15) is 13.2 Å². The van der Waals surface area contributed by atoms with Crippen LogP contribution in [-0.4, -0.2) is 12.4 Å². The zero-order valence-electron chi connectivity index (χ0n) is 18.1. The SMILES string of the molecule is CCCC1CCC(COc2cc3c(c(F)c2F)Oc2c(ccc(SCC)c2F)C3)CC1. The second-order valence-electron chi connectivity index (χ2n) is 8.56. The first-order valence-electron chi connectivity index (χ1n) is 11.3. The molecule has 168 valence electrons. The summed E-state index contributed by atoms with van der Waals surface area (Å²) in [5, 5.41) is 0. The van der Waals surface area contributed by atoms with Gasteiger partial charge in [0.05, 0.1) is 6.61 Å². The van der Waals surface area contributed by atoms with E-state index in [1.54, 1.807) is 12.1 Å². The number of benzene rings is 2. The Balaban J connectivity index is 1.49. The highest BCUT2D eigenvalue weighted by molar-refractivity contribution is 7.99. The molecule has 2 nitrogen and oxygen atoms in total. The van der Waals surface area contributed by atoms with Gasteiger partial charge in [0.2, 0.25) is 11.6 Å². The lowest BCUT2D eigenvalue weighted by atomic mass is 9.80. The molecule has 1 aliphatic heterocycles. The van der Waals surface area contributed by atoms with E-state index < -0.39 is 17.5 Å². The Morgan fingerprint density at radius 1 is 0.935 bits per heavy atom. The van der Waals surface area contributed by atoms with Crippen LogP contribution in [0.3, 0.4) is 0 Å². The molecule has 6 heteroatoms. The van der Waals surface area contributed by atoms with Gasteiger partial charge in [-0.05, 0) is 42.6 Å². The van der Waals surface area contributed by atoms with Crippen LogP contribution in [-0.2, 0) is 6.42 Å². The summed E-state index contributed by atoms with van der Waals surface area (Å²) in [6, 6.07) is 5.00. The topological polar surface area (TPSA) is 18.5 Å². The Morgan fingerprint density at radius 2 is 1.65 bits per heavy atom. The van der Waals surface area contributed by atoms with Gasteiger partial charge >= 0.3 is 0 Å². The van der Waals surface area contributed by atoms with E-state index in [0.717, 1.165) is 18.8 Å². The van der Waals surface area contributed by atoms with E-state index in [-0.39, 0.29) is 23.7 Å². The minimum atomic E-state index is -1.11. The van der Waals surface area contributed by atoms with Crippen molar-refractivity contribution in [1.82, 2.24) is 0 Å². The molecule has 0 bridgehead atoms. The van der Waals surface area contributed by atoms with Crippen LogP contribution in [0.15, 0.2) is 23.1 Å². The zero-order chi connectivity index (χ0) is 22.0. The Bertz CT molecular complexity index is 939. The fourth-order valence-electron chi connectivity index (χ4n) is 4.69. The smallest absolute Gasteiger partial charge is 0.205 e. The van der Waals surface area contributed by atoms with Crippen molar-refractivity contribution in [3.05, 3.63) is 46.8 Å². The van der Waals surface area contributed by atoms with Crippen molar-refractivity contribution in [3.63, 3.8) is 0 Å². The average Bonchev–Trinajstić information content (AvgIpc) is 2.78. The van der Waals surface area contributed by atoms with Crippen molar-refractivity contribution in [2.24, 2.45) is 11.8 Å². The quantitative estimate of drug-likeness (QED) is 0.341. The van der Waals surface area contributed by atoms with Crippen molar-refractivity contribution in [2.45, 2.75) is 63.7 Å². The summed E-state index contributed by atoms with van der Waals surface area (Å²) in [5.41, 5.74) is 1.10. The molecule has 4 rings (SSSR count). The normalized spacial score (nSPS) is 20.0. The second-order valence-corrected chi connectivity index (χ2v) is 9.86. The first-order chi connectivity index (χ1) is 15.0. The third kappa shape index (κ3) is 4.69. The maximum absolute atomic E-state index is 14.8. The minimum Gasteiger partial charge on any atom is -0.490 e. The molecule has 1 aliphatic carbocycles. The van der Waals surface area contributed by atoms with Crippen molar-refractivity contribution < 1.29 is 22.6 Å². The van der Waals surface area contributed by atoms with Crippen LogP contribution in [0.1, 0.15) is 63.5 Å². The van der Waals surface area contributed by atoms with Crippen LogP contribution in [0, 0.1) is 29.3 Å². The molecule has 0 N–H and O–H groups in total. The standard InChI is InChI=1S/C25H29F3O2S/c1-3-5-15-6-8-16(9-7-15)14-29-19-13-18-12-17-10-11-20(31-4-2)22(27)24(17)30-25(18)23(28)21(19)26/h10-11,13,15-16H,3-9,12,14H2,1-2H3. The van der Waals surface area contributed by atoms with E-state index in [1.807, 2.05) is 6.92 Å². The van der Waals surface area contributed by atoms with Gasteiger partial charge in [-0.2, -0.15) is 8.78 Å². The van der Waals surface area contributed by atoms with Gasteiger partial charge in [0.25, 0.3) is 0 Å². The van der Waals surface area contributed by atoms with Crippen molar-refractivity contribution >= 4 is 11.8 Å². The van der Waals surface area contributed by atoms with Gasteiger partial charge in [-0.3, -0.25) is 0 Å². The second kappa shape index (κ2) is 9.76. The Hall–Kier alpha value is -1.82. The molecule has 0 radical (unpaired) electrons. The van der Waals surface area contributed by atoms with Crippen LogP contribution in [0.25, 0.3) is 0 Å². The van der Waals surface area contributed by atoms with Crippen molar-refractivity contribution in [3.8, 4) is 17.2 Å². The fourth-order valence-corrected chi connectivity index (χ4v) is 5.38. The van der Waals surface area contributed by atoms with Gasteiger partial charge in [-0.15, -0.1) is 11.8 Å². The van der Waals surface area contributed by atoms with E-state index in [0.29, 0.717) is 34.3 Å². The predicted octanol–water partition coefficient (Wildman–Crippen LogP) is 7.90. The summed E-state index contributed by atoms with van der Waals surface area (Å²) in [7, 11) is 0. The number of hydrogen-bond acceptors (Lipinski definition) is 3. The summed E-state index contributed by atoms with van der Waals surface area (Å²) in [4.78, 5) is 0.444. The van der Waals surface area contributed by atoms with Gasteiger partial charge < -0.3 is 9.47 Å². The van der Waals surface area contributed by atoms with Crippen LogP contribution in [0.4, 0.5) is 13.2 Å². The highest BCUT2D eigenvalue weighted by Crippen LogP contribution is 2.45. The number of rotatable bonds is 7. The molecule has 0 spiro atoms. The molecule has 0 saturated heterocycles. The third-order valence-electron chi connectivity index (χ3n) is 6.37. The van der Waals surface area contributed by atoms with Gasteiger partial charge in [0, 0.05) is 22.4 Å². The molecule has 0 aromatic heterocycles. The first kappa shape index (κ1) is 22.4. The van der Waals surface area contributed by atoms with E-state index in [2.05, 4.69) is 6.92 Å². The van der Waals surface area contributed by atoms with E-state index in [4.69, 9.17) is 9.47 Å². The summed E-state index contributed by atoms with van der Waals surface area (Å²) < 4.78 is 55.5. The molecule has 0 atom stereocenters. The zero-order valence-corrected chi connectivity index (χ0v) is 18.9. The van der Waals surface area contributed by atoms with Crippen LogP contribution < -0.4 is 9.47 Å². The largest absolute Gasteiger partial charge is 0.490 e. The molecular weight excluding hydrogens is 421 g/mol. The molecule has 0 unspecified atom stereocenters. The van der Waals surface area contributed by atoms with Gasteiger partial charge in [0.1, 0.15) is 0 Å². The maximum Gasteiger partial charge on any atom is 0.205 e. The summed E-state index contributed by atoms with van der Waals surface area (Å²) >= 11 is 1.35. The molecular formula is C25H29F3O2S. The number of hydrogen-bond donors (Lipinski definition) is 0. The van der Waals surface area contributed by atoms with Crippen molar-refractivity contribution in [2.75, 3.05) is 12.4 Å². The molecule has 1 heterocycles. The van der Waals surface area contributed by atoms with Crippen LogP contribution in [0.5, 0.6) is 17.2 Å². The molecule has 0 amide bonds. The van der Waals surface area contributed by atoms with Crippen molar-refractivity contribution in [1.29, 1.82) is 0 Å². The highest BCUT2D eigenvalue weighted by atomic mass is 32.2. The predicted molar refractivity (Wildman–Crippen MR) is 118 cm³/mol. The molecule has 2 aromatic rings. The number of halogens is 3. The minimum absolute atomic E-state index is 0.0123. The van der Waals surface area contributed by atoms with Gasteiger partial charge in [0.15, 0.2) is 23.1 Å². The van der Waals surface area contributed by atoms with E-state index in [1.165, 1.54) is 43.5 Å². The summed E-state index contributed by atoms with van der Waals surface area (Å²) in [6.07, 6.45) is 7.22. The number of fused-ring (bicyclic) bond motifs is 2. The molecule has 2 aliphatic rings. The maximum atomic E-state index is 14.8. The lowest BCUT2D eigenvalue weighted by molar-refractivity contribution is 0.173. The van der Waals surface area contributed by atoms with Crippen LogP contribution in [0.2, 0.25) is 0 Å². The fraction of sp³-hybridized carbons (Fsp3) is 0.520. The molecule has 1 saturated carbocycles.